The van der Waals surface area contributed by atoms with Gasteiger partial charge in [-0.15, -0.1) is 0 Å². The second-order valence-electron chi connectivity index (χ2n) is 4.58. The molecule has 2 aromatic rings. The molecule has 0 aromatic heterocycles. The van der Waals surface area contributed by atoms with Crippen LogP contribution in [0.3, 0.4) is 0 Å². The van der Waals surface area contributed by atoms with Crippen LogP contribution >= 0.6 is 0 Å². The topological polar surface area (TPSA) is 80.4 Å². The van der Waals surface area contributed by atoms with Crippen LogP contribution in [0.2, 0.25) is 0 Å². The van der Waals surface area contributed by atoms with Crippen molar-refractivity contribution >= 4 is 22.8 Å². The van der Waals surface area contributed by atoms with Crippen molar-refractivity contribution in [3.63, 3.8) is 0 Å². The van der Waals surface area contributed by atoms with Gasteiger partial charge in [0, 0.05) is 16.8 Å². The van der Waals surface area contributed by atoms with E-state index < -0.39 is 0 Å². The average Bonchev–Trinajstić information content (AvgIpc) is 2.42. The number of nitrogens with two attached hydrogens (primary N) is 1. The number of Topliss-reactive ketones (excluding diaryl/α,β-unsaturated/α-hetero) is 1. The van der Waals surface area contributed by atoms with Crippen molar-refractivity contribution < 1.29 is 14.7 Å². The lowest BCUT2D eigenvalue weighted by Gasteiger charge is -2.16. The third-order valence-corrected chi connectivity index (χ3v) is 3.25. The van der Waals surface area contributed by atoms with E-state index in [2.05, 4.69) is 0 Å². The number of carbonyl (C=O) groups is 2. The molecule has 4 nitrogen and oxygen atoms in total. The molecule has 20 heavy (non-hydrogen) atoms. The maximum atomic E-state index is 12.5. The molecule has 0 saturated carbocycles. The predicted octanol–water partition coefficient (Wildman–Crippen LogP) is 2.44. The first kappa shape index (κ1) is 12.2. The lowest BCUT2D eigenvalue weighted by molar-refractivity contribution is 0.0999. The largest absolute Gasteiger partial charge is 0.507 e. The van der Waals surface area contributed by atoms with Crippen LogP contribution in [-0.4, -0.2) is 16.7 Å². The van der Waals surface area contributed by atoms with Crippen LogP contribution in [0.25, 0.3) is 5.57 Å². The molecule has 0 fully saturated rings. The summed E-state index contributed by atoms with van der Waals surface area (Å²) in [6.45, 7) is 0. The van der Waals surface area contributed by atoms with Gasteiger partial charge in [-0.05, 0) is 29.8 Å². The van der Waals surface area contributed by atoms with Gasteiger partial charge in [-0.1, -0.05) is 24.3 Å². The maximum Gasteiger partial charge on any atom is 0.194 e. The third kappa shape index (κ3) is 1.78. The minimum absolute atomic E-state index is 0.0603. The number of phenols is 1. The van der Waals surface area contributed by atoms with Crippen LogP contribution in [0, 0.1) is 0 Å². The van der Waals surface area contributed by atoms with Gasteiger partial charge in [0.15, 0.2) is 11.6 Å². The van der Waals surface area contributed by atoms with Crippen LogP contribution in [0.15, 0.2) is 48.5 Å². The summed E-state index contributed by atoms with van der Waals surface area (Å²) in [5, 5.41) is 9.72. The van der Waals surface area contributed by atoms with Gasteiger partial charge in [-0.25, -0.2) is 0 Å². The van der Waals surface area contributed by atoms with Crippen molar-refractivity contribution in [2.24, 2.45) is 0 Å². The predicted molar refractivity (Wildman–Crippen MR) is 75.6 cm³/mol. The maximum absolute atomic E-state index is 12.5. The van der Waals surface area contributed by atoms with E-state index in [1.807, 2.05) is 0 Å². The number of benzene rings is 2. The van der Waals surface area contributed by atoms with E-state index >= 15 is 0 Å². The van der Waals surface area contributed by atoms with E-state index in [9.17, 15) is 14.7 Å². The molecule has 98 valence electrons. The number of nitrogen functional groups attached to an aromatic ring is 1. The smallest absolute Gasteiger partial charge is 0.194 e. The van der Waals surface area contributed by atoms with Crippen molar-refractivity contribution in [2.45, 2.75) is 0 Å². The SMILES string of the molecule is Nc1cccc(C2=CC(=O)c3c(O)cccc3C2=O)c1. The molecular formula is C16H11NO3. The number of carbonyl (C=O) groups excluding carboxylic acids is 2. The van der Waals surface area contributed by atoms with E-state index in [4.69, 9.17) is 5.73 Å². The molecule has 0 aliphatic heterocycles. The fraction of sp³-hybridized carbons (Fsp3) is 0. The molecule has 0 saturated heterocycles. The third-order valence-electron chi connectivity index (χ3n) is 3.25. The lowest BCUT2D eigenvalue weighted by Crippen LogP contribution is -2.16. The first-order chi connectivity index (χ1) is 9.58. The monoisotopic (exact) mass is 265 g/mol. The van der Waals surface area contributed by atoms with Crippen LogP contribution in [0.1, 0.15) is 26.3 Å². The zero-order valence-electron chi connectivity index (χ0n) is 10.5. The fourth-order valence-electron chi connectivity index (χ4n) is 2.32. The Morgan fingerprint density at radius 3 is 2.50 bits per heavy atom. The Labute approximate surface area is 115 Å². The number of hydrogen-bond donors (Lipinski definition) is 2. The summed E-state index contributed by atoms with van der Waals surface area (Å²) >= 11 is 0. The van der Waals surface area contributed by atoms with Crippen molar-refractivity contribution in [3.05, 3.63) is 65.2 Å². The number of ketones is 2. The Balaban J connectivity index is 2.18. The number of anilines is 1. The zero-order valence-corrected chi connectivity index (χ0v) is 10.5. The van der Waals surface area contributed by atoms with Gasteiger partial charge in [-0.2, -0.15) is 0 Å². The number of hydrogen-bond acceptors (Lipinski definition) is 4. The van der Waals surface area contributed by atoms with Gasteiger partial charge < -0.3 is 10.8 Å². The van der Waals surface area contributed by atoms with E-state index in [1.54, 1.807) is 30.3 Å². The Morgan fingerprint density at radius 1 is 1.00 bits per heavy atom. The van der Waals surface area contributed by atoms with Gasteiger partial charge in [0.25, 0.3) is 0 Å². The number of allylic oxidation sites excluding steroid dienone is 2. The van der Waals surface area contributed by atoms with Gasteiger partial charge in [-0.3, -0.25) is 9.59 Å². The first-order valence-electron chi connectivity index (χ1n) is 6.06. The molecule has 4 heteroatoms. The molecule has 3 N–H and O–H groups in total. The molecular weight excluding hydrogens is 254 g/mol. The van der Waals surface area contributed by atoms with Gasteiger partial charge in [0.1, 0.15) is 5.75 Å². The number of aromatic hydroxyl groups is 1. The molecule has 0 radical (unpaired) electrons. The van der Waals surface area contributed by atoms with Crippen molar-refractivity contribution in [1.29, 1.82) is 0 Å². The lowest BCUT2D eigenvalue weighted by atomic mass is 9.86. The first-order valence-corrected chi connectivity index (χ1v) is 6.06. The van der Waals surface area contributed by atoms with Crippen molar-refractivity contribution in [3.8, 4) is 5.75 Å². The highest BCUT2D eigenvalue weighted by Crippen LogP contribution is 2.32. The van der Waals surface area contributed by atoms with Gasteiger partial charge >= 0.3 is 0 Å². The Kier molecular flexibility index (Phi) is 2.64. The molecule has 2 aromatic carbocycles. The van der Waals surface area contributed by atoms with Crippen LogP contribution in [0.4, 0.5) is 5.69 Å². The van der Waals surface area contributed by atoms with Gasteiger partial charge in [0.2, 0.25) is 0 Å². The zero-order chi connectivity index (χ0) is 14.3. The highest BCUT2D eigenvalue weighted by Gasteiger charge is 2.28. The molecule has 3 rings (SSSR count). The number of phenolic OH excluding ortho intramolecular Hbond substituents is 1. The summed E-state index contributed by atoms with van der Waals surface area (Å²) in [5.74, 6) is -0.847. The standard InChI is InChI=1S/C16H11NO3/c17-10-4-1-3-9(7-10)12-8-14(19)15-11(16(12)20)5-2-6-13(15)18/h1-8,18H,17H2. The number of fused-ring (bicyclic) bond motifs is 1. The molecule has 0 heterocycles. The average molecular weight is 265 g/mol. The van der Waals surface area contributed by atoms with Crippen LogP contribution in [0.5, 0.6) is 5.75 Å². The quantitative estimate of drug-likeness (QED) is 0.776. The minimum atomic E-state index is -0.380. The van der Waals surface area contributed by atoms with Crippen molar-refractivity contribution in [2.75, 3.05) is 5.73 Å². The molecule has 0 bridgehead atoms. The summed E-state index contributed by atoms with van der Waals surface area (Å²) in [5.41, 5.74) is 7.38. The Morgan fingerprint density at radius 2 is 1.75 bits per heavy atom. The molecule has 0 unspecified atom stereocenters. The summed E-state index contributed by atoms with van der Waals surface area (Å²) < 4.78 is 0. The molecule has 1 aliphatic rings. The summed E-state index contributed by atoms with van der Waals surface area (Å²) in [4.78, 5) is 24.6. The second-order valence-corrected chi connectivity index (χ2v) is 4.58. The normalized spacial score (nSPS) is 13.9. The summed E-state index contributed by atoms with van der Waals surface area (Å²) in [6.07, 6.45) is 1.25. The molecule has 0 spiro atoms. The molecule has 0 amide bonds. The van der Waals surface area contributed by atoms with Crippen LogP contribution < -0.4 is 5.73 Å². The van der Waals surface area contributed by atoms with E-state index in [0.717, 1.165) is 0 Å². The van der Waals surface area contributed by atoms with Gasteiger partial charge in [0.05, 0.1) is 5.56 Å². The minimum Gasteiger partial charge on any atom is -0.507 e. The summed E-state index contributed by atoms with van der Waals surface area (Å²) in [6, 6.07) is 11.3. The highest BCUT2D eigenvalue weighted by atomic mass is 16.3. The second kappa shape index (κ2) is 4.35. The van der Waals surface area contributed by atoms with Crippen molar-refractivity contribution in [1.82, 2.24) is 0 Å². The Bertz CT molecular complexity index is 775. The number of rotatable bonds is 1. The molecule has 1 aliphatic carbocycles. The van der Waals surface area contributed by atoms with Crippen LogP contribution in [-0.2, 0) is 0 Å². The fourth-order valence-corrected chi connectivity index (χ4v) is 2.32. The summed E-state index contributed by atoms with van der Waals surface area (Å²) in [7, 11) is 0. The van der Waals surface area contributed by atoms with E-state index in [1.165, 1.54) is 18.2 Å². The van der Waals surface area contributed by atoms with E-state index in [-0.39, 0.29) is 28.4 Å². The van der Waals surface area contributed by atoms with E-state index in [0.29, 0.717) is 16.8 Å². The highest BCUT2D eigenvalue weighted by molar-refractivity contribution is 6.39. The Hall–Kier alpha value is -2.88. The molecule has 0 atom stereocenters.